The molecule has 1 aliphatic carbocycles. The minimum atomic E-state index is -0.397. The van der Waals surface area contributed by atoms with E-state index >= 15 is 0 Å². The smallest absolute Gasteiger partial charge is 0.415 e. The molecule has 0 saturated heterocycles. The fourth-order valence-corrected chi connectivity index (χ4v) is 5.30. The van der Waals surface area contributed by atoms with E-state index in [0.717, 1.165) is 51.8 Å². The highest BCUT2D eigenvalue weighted by Gasteiger charge is 2.37. The summed E-state index contributed by atoms with van der Waals surface area (Å²) in [6, 6.07) is 31.4. The van der Waals surface area contributed by atoms with Crippen LogP contribution in [-0.4, -0.2) is 28.0 Å². The molecule has 198 valence electrons. The number of benzene rings is 4. The monoisotopic (exact) mass is 528 g/mol. The van der Waals surface area contributed by atoms with Crippen LogP contribution in [0.15, 0.2) is 97.1 Å². The van der Waals surface area contributed by atoms with Crippen LogP contribution in [0.5, 0.6) is 0 Å². The molecule has 1 aromatic heterocycles. The summed E-state index contributed by atoms with van der Waals surface area (Å²) in [5, 5.41) is 3.03. The van der Waals surface area contributed by atoms with Crippen molar-refractivity contribution in [3.8, 4) is 11.1 Å². The molecule has 1 atom stereocenters. The molecule has 1 saturated carbocycles. The normalized spacial score (nSPS) is 16.1. The van der Waals surface area contributed by atoms with Crippen LogP contribution >= 0.6 is 0 Å². The van der Waals surface area contributed by atoms with Crippen molar-refractivity contribution in [3.05, 3.63) is 120 Å². The van der Waals surface area contributed by atoms with Gasteiger partial charge in [-0.25, -0.2) is 9.78 Å². The third-order valence-corrected chi connectivity index (χ3v) is 7.59. The predicted octanol–water partition coefficient (Wildman–Crippen LogP) is 6.56. The average molecular weight is 529 g/mol. The molecule has 40 heavy (non-hydrogen) atoms. The Labute approximate surface area is 231 Å². The number of ether oxygens (including phenoxy) is 1. The minimum absolute atomic E-state index is 0.0212. The van der Waals surface area contributed by atoms with E-state index < -0.39 is 6.09 Å². The van der Waals surface area contributed by atoms with Gasteiger partial charge >= 0.3 is 6.09 Å². The minimum Gasteiger partial charge on any atom is -0.444 e. The van der Waals surface area contributed by atoms with E-state index in [0.29, 0.717) is 23.9 Å². The highest BCUT2D eigenvalue weighted by atomic mass is 16.6. The molecule has 4 aromatic carbocycles. The number of amides is 2. The Hall–Kier alpha value is -4.91. The van der Waals surface area contributed by atoms with Crippen molar-refractivity contribution in [2.24, 2.45) is 0 Å². The third kappa shape index (κ3) is 4.71. The lowest BCUT2D eigenvalue weighted by Crippen LogP contribution is -2.33. The number of rotatable bonds is 6. The molecule has 7 nitrogen and oxygen atoms in total. The summed E-state index contributed by atoms with van der Waals surface area (Å²) in [5.74, 6) is 0.694. The van der Waals surface area contributed by atoms with E-state index in [1.54, 1.807) is 4.90 Å². The highest BCUT2D eigenvalue weighted by molar-refractivity contribution is 5.95. The van der Waals surface area contributed by atoms with Crippen LogP contribution < -0.4 is 10.2 Å². The number of aromatic nitrogens is 2. The summed E-state index contributed by atoms with van der Waals surface area (Å²) in [6.45, 7) is 0.204. The molecule has 0 unspecified atom stereocenters. The summed E-state index contributed by atoms with van der Waals surface area (Å²) in [6.07, 6.45) is 2.38. The predicted molar refractivity (Wildman–Crippen MR) is 154 cm³/mol. The van der Waals surface area contributed by atoms with E-state index in [-0.39, 0.29) is 18.6 Å². The third-order valence-electron chi connectivity index (χ3n) is 7.59. The van der Waals surface area contributed by atoms with Gasteiger partial charge in [0.05, 0.1) is 16.7 Å². The van der Waals surface area contributed by atoms with Crippen molar-refractivity contribution in [3.63, 3.8) is 0 Å². The largest absolute Gasteiger partial charge is 0.444 e. The Morgan fingerprint density at radius 3 is 2.45 bits per heavy atom. The van der Waals surface area contributed by atoms with Crippen molar-refractivity contribution in [2.75, 3.05) is 4.90 Å². The van der Waals surface area contributed by atoms with E-state index in [1.807, 2.05) is 91.0 Å². The van der Waals surface area contributed by atoms with Crippen molar-refractivity contribution < 1.29 is 14.3 Å². The molecule has 2 amide bonds. The zero-order valence-electron chi connectivity index (χ0n) is 21.8. The number of aromatic amines is 1. The van der Waals surface area contributed by atoms with Crippen molar-refractivity contribution >= 4 is 28.7 Å². The second kappa shape index (κ2) is 10.0. The number of para-hydroxylation sites is 1. The van der Waals surface area contributed by atoms with Crippen LogP contribution in [-0.2, 0) is 17.8 Å². The van der Waals surface area contributed by atoms with Gasteiger partial charge in [0.1, 0.15) is 18.5 Å². The molecule has 7 heteroatoms. The first-order valence-electron chi connectivity index (χ1n) is 13.6. The summed E-state index contributed by atoms with van der Waals surface area (Å²) >= 11 is 0. The number of hydrogen-bond donors (Lipinski definition) is 2. The van der Waals surface area contributed by atoms with E-state index in [4.69, 9.17) is 9.72 Å². The van der Waals surface area contributed by atoms with Crippen LogP contribution in [0.1, 0.15) is 46.2 Å². The molecular formula is C33H28N4O3. The zero-order chi connectivity index (χ0) is 27.1. The summed E-state index contributed by atoms with van der Waals surface area (Å²) in [4.78, 5) is 35.8. The van der Waals surface area contributed by atoms with Crippen LogP contribution in [0, 0.1) is 0 Å². The maximum absolute atomic E-state index is 13.4. The number of carbonyl (C=O) groups excluding carboxylic acids is 2. The highest BCUT2D eigenvalue weighted by Crippen LogP contribution is 2.40. The summed E-state index contributed by atoms with van der Waals surface area (Å²) in [5.41, 5.74) is 7.28. The van der Waals surface area contributed by atoms with Gasteiger partial charge in [-0.05, 0) is 65.4 Å². The first kappa shape index (κ1) is 24.2. The number of nitrogens with one attached hydrogen (secondary N) is 2. The molecule has 0 radical (unpaired) electrons. The molecule has 0 bridgehead atoms. The Morgan fingerprint density at radius 2 is 1.65 bits per heavy atom. The Balaban J connectivity index is 1.14. The number of hydrogen-bond acceptors (Lipinski definition) is 4. The quantitative estimate of drug-likeness (QED) is 0.261. The van der Waals surface area contributed by atoms with Gasteiger partial charge in [-0.2, -0.15) is 0 Å². The van der Waals surface area contributed by atoms with Gasteiger partial charge in [-0.3, -0.25) is 9.69 Å². The lowest BCUT2D eigenvalue weighted by Gasteiger charge is -2.23. The number of nitrogens with zero attached hydrogens (tertiary/aromatic N) is 2. The van der Waals surface area contributed by atoms with E-state index in [2.05, 4.69) is 16.4 Å². The topological polar surface area (TPSA) is 87.3 Å². The summed E-state index contributed by atoms with van der Waals surface area (Å²) in [7, 11) is 0. The van der Waals surface area contributed by atoms with E-state index in [1.165, 1.54) is 0 Å². The maximum atomic E-state index is 13.4. The molecular weight excluding hydrogens is 500 g/mol. The van der Waals surface area contributed by atoms with Crippen molar-refractivity contribution in [2.45, 2.75) is 38.0 Å². The molecule has 2 N–H and O–H groups in total. The van der Waals surface area contributed by atoms with Crippen molar-refractivity contribution in [1.82, 2.24) is 15.3 Å². The molecule has 1 fully saturated rings. The van der Waals surface area contributed by atoms with Crippen LogP contribution in [0.3, 0.4) is 0 Å². The van der Waals surface area contributed by atoms with Gasteiger partial charge in [0.25, 0.3) is 5.91 Å². The molecule has 5 aromatic rings. The number of fused-ring (bicyclic) bond motifs is 2. The van der Waals surface area contributed by atoms with Crippen LogP contribution in [0.25, 0.3) is 22.2 Å². The molecule has 0 spiro atoms. The van der Waals surface area contributed by atoms with Crippen LogP contribution in [0.2, 0.25) is 0 Å². The molecule has 7 rings (SSSR count). The fraction of sp³-hybridized carbons (Fsp3) is 0.182. The second-order valence-electron chi connectivity index (χ2n) is 10.4. The van der Waals surface area contributed by atoms with Gasteiger partial charge in [0.2, 0.25) is 0 Å². The molecule has 1 aliphatic heterocycles. The van der Waals surface area contributed by atoms with Crippen molar-refractivity contribution in [1.29, 1.82) is 0 Å². The Morgan fingerprint density at radius 1 is 0.900 bits per heavy atom. The van der Waals surface area contributed by atoms with Crippen LogP contribution in [0.4, 0.5) is 10.5 Å². The summed E-state index contributed by atoms with van der Waals surface area (Å²) < 4.78 is 5.74. The number of imidazole rings is 1. The zero-order valence-corrected chi connectivity index (χ0v) is 21.8. The second-order valence-corrected chi connectivity index (χ2v) is 10.4. The van der Waals surface area contributed by atoms with Gasteiger partial charge in [0, 0.05) is 18.0 Å². The lowest BCUT2D eigenvalue weighted by atomic mass is 10.0. The number of anilines is 1. The number of carbonyl (C=O) groups is 2. The van der Waals surface area contributed by atoms with Gasteiger partial charge in [-0.1, -0.05) is 66.7 Å². The van der Waals surface area contributed by atoms with Gasteiger partial charge in [0.15, 0.2) is 0 Å². The maximum Gasteiger partial charge on any atom is 0.415 e. The molecule has 2 heterocycles. The standard InChI is InChI=1S/C33H28N4O3/c38-32(34-26-15-16-26)23-12-10-22(11-13-23)24-14-17-27-28(18-24)36-31(35-27)30-19-25-8-4-5-9-29(25)37(30)33(39)40-20-21-6-2-1-3-7-21/h1-14,17-18,26,30H,15-16,19-20H2,(H,34,38)(H,35,36)/t30-/m0/s1. The first-order valence-corrected chi connectivity index (χ1v) is 13.6. The SMILES string of the molecule is O=C(NC1CC1)c1ccc(-c2ccc3nc([C@@H]4Cc5ccccc5N4C(=O)OCc4ccccc4)[nH]c3c2)cc1. The average Bonchev–Trinajstić information content (AvgIpc) is 3.57. The number of H-pyrrole nitrogens is 1. The first-order chi connectivity index (χ1) is 19.6. The lowest BCUT2D eigenvalue weighted by molar-refractivity contribution is 0.0951. The van der Waals surface area contributed by atoms with E-state index in [9.17, 15) is 9.59 Å². The Bertz CT molecular complexity index is 1710. The molecule has 2 aliphatic rings. The van der Waals surface area contributed by atoms with Gasteiger partial charge < -0.3 is 15.0 Å². The Kier molecular flexibility index (Phi) is 6.04. The fourth-order valence-electron chi connectivity index (χ4n) is 5.30. The van der Waals surface area contributed by atoms with Gasteiger partial charge in [-0.15, -0.1) is 0 Å².